The Morgan fingerprint density at radius 1 is 1.15 bits per heavy atom. The van der Waals surface area contributed by atoms with Crippen LogP contribution in [0.25, 0.3) is 0 Å². The molecule has 0 saturated heterocycles. The maximum atomic E-state index is 12.5. The topological polar surface area (TPSA) is 66.4 Å². The Morgan fingerprint density at radius 2 is 1.85 bits per heavy atom. The number of aliphatic hydroxyl groups is 1. The average Bonchev–Trinajstić information content (AvgIpc) is 2.57. The standard InChI is InChI=1S/C15H23NO3S/c1-11-8-9-12(2)15(10-11)20(18,19)16-13-6-4-3-5-7-14(13)17/h8-10,13-14,16-17H,3-7H2,1-2H3. The van der Waals surface area contributed by atoms with Gasteiger partial charge in [0.05, 0.1) is 11.0 Å². The molecule has 0 spiro atoms. The van der Waals surface area contributed by atoms with Crippen molar-refractivity contribution >= 4 is 10.0 Å². The number of benzene rings is 1. The Balaban J connectivity index is 2.24. The SMILES string of the molecule is Cc1ccc(C)c(S(=O)(=O)NC2CCCCCC2O)c1. The Labute approximate surface area is 121 Å². The maximum absolute atomic E-state index is 12.5. The lowest BCUT2D eigenvalue weighted by molar-refractivity contribution is 0.130. The highest BCUT2D eigenvalue weighted by molar-refractivity contribution is 7.89. The first-order valence-electron chi connectivity index (χ1n) is 7.18. The monoisotopic (exact) mass is 297 g/mol. The van der Waals surface area contributed by atoms with Crippen LogP contribution in [0, 0.1) is 13.8 Å². The molecule has 0 heterocycles. The first-order chi connectivity index (χ1) is 9.40. The van der Waals surface area contributed by atoms with E-state index in [1.54, 1.807) is 13.0 Å². The highest BCUT2D eigenvalue weighted by Crippen LogP contribution is 2.22. The Kier molecular flexibility index (Phi) is 4.83. The summed E-state index contributed by atoms with van der Waals surface area (Å²) >= 11 is 0. The lowest BCUT2D eigenvalue weighted by atomic mass is 10.1. The second-order valence-electron chi connectivity index (χ2n) is 5.70. The number of sulfonamides is 1. The molecule has 20 heavy (non-hydrogen) atoms. The zero-order valence-electron chi connectivity index (χ0n) is 12.1. The molecule has 2 rings (SSSR count). The molecule has 1 aliphatic carbocycles. The van der Waals surface area contributed by atoms with Crippen LogP contribution in [0.4, 0.5) is 0 Å². The molecule has 4 nitrogen and oxygen atoms in total. The van der Waals surface area contributed by atoms with Gasteiger partial charge in [-0.1, -0.05) is 31.4 Å². The van der Waals surface area contributed by atoms with Gasteiger partial charge in [0.1, 0.15) is 0 Å². The highest BCUT2D eigenvalue weighted by atomic mass is 32.2. The number of hydrogen-bond donors (Lipinski definition) is 2. The molecular formula is C15H23NO3S. The van der Waals surface area contributed by atoms with E-state index in [4.69, 9.17) is 0 Å². The first-order valence-corrected chi connectivity index (χ1v) is 8.66. The molecule has 2 unspecified atom stereocenters. The number of aliphatic hydroxyl groups excluding tert-OH is 1. The molecule has 2 atom stereocenters. The van der Waals surface area contributed by atoms with Gasteiger partial charge < -0.3 is 5.11 Å². The summed E-state index contributed by atoms with van der Waals surface area (Å²) in [5.74, 6) is 0. The van der Waals surface area contributed by atoms with E-state index in [-0.39, 0.29) is 6.04 Å². The van der Waals surface area contributed by atoms with Crippen molar-refractivity contribution in [2.24, 2.45) is 0 Å². The van der Waals surface area contributed by atoms with E-state index in [9.17, 15) is 13.5 Å². The zero-order valence-corrected chi connectivity index (χ0v) is 12.9. The largest absolute Gasteiger partial charge is 0.391 e. The fourth-order valence-corrected chi connectivity index (χ4v) is 4.32. The second kappa shape index (κ2) is 6.24. The molecule has 2 N–H and O–H groups in total. The number of rotatable bonds is 3. The van der Waals surface area contributed by atoms with Gasteiger partial charge in [-0.25, -0.2) is 13.1 Å². The van der Waals surface area contributed by atoms with Gasteiger partial charge in [0.15, 0.2) is 0 Å². The van der Waals surface area contributed by atoms with Crippen molar-refractivity contribution in [1.82, 2.24) is 4.72 Å². The molecule has 0 aromatic heterocycles. The number of nitrogens with one attached hydrogen (secondary N) is 1. The minimum absolute atomic E-state index is 0.314. The third kappa shape index (κ3) is 3.59. The third-order valence-corrected chi connectivity index (χ3v) is 5.55. The normalized spacial score (nSPS) is 24.4. The van der Waals surface area contributed by atoms with Crippen LogP contribution in [-0.2, 0) is 10.0 Å². The third-order valence-electron chi connectivity index (χ3n) is 3.92. The van der Waals surface area contributed by atoms with E-state index in [1.807, 2.05) is 19.1 Å². The summed E-state index contributed by atoms with van der Waals surface area (Å²) in [7, 11) is -3.57. The van der Waals surface area contributed by atoms with Crippen molar-refractivity contribution < 1.29 is 13.5 Å². The van der Waals surface area contributed by atoms with E-state index < -0.39 is 16.1 Å². The fraction of sp³-hybridized carbons (Fsp3) is 0.600. The van der Waals surface area contributed by atoms with Crippen molar-refractivity contribution in [3.63, 3.8) is 0 Å². The lowest BCUT2D eigenvalue weighted by Crippen LogP contribution is -2.42. The summed E-state index contributed by atoms with van der Waals surface area (Å²) in [5, 5.41) is 10.1. The molecule has 0 radical (unpaired) electrons. The summed E-state index contributed by atoms with van der Waals surface area (Å²) in [6.07, 6.45) is 3.75. The summed E-state index contributed by atoms with van der Waals surface area (Å²) in [6, 6.07) is 5.02. The van der Waals surface area contributed by atoms with Gasteiger partial charge >= 0.3 is 0 Å². The number of hydrogen-bond acceptors (Lipinski definition) is 3. The van der Waals surface area contributed by atoms with E-state index in [2.05, 4.69) is 4.72 Å². The minimum Gasteiger partial charge on any atom is -0.391 e. The Morgan fingerprint density at radius 3 is 2.60 bits per heavy atom. The molecule has 1 aliphatic rings. The molecule has 1 aromatic carbocycles. The van der Waals surface area contributed by atoms with E-state index in [0.717, 1.165) is 30.4 Å². The van der Waals surface area contributed by atoms with E-state index in [0.29, 0.717) is 17.7 Å². The molecule has 1 fully saturated rings. The fourth-order valence-electron chi connectivity index (χ4n) is 2.69. The van der Waals surface area contributed by atoms with Crippen LogP contribution in [-0.4, -0.2) is 25.7 Å². The first kappa shape index (κ1) is 15.5. The van der Waals surface area contributed by atoms with Crippen molar-refractivity contribution in [3.8, 4) is 0 Å². The molecule has 0 bridgehead atoms. The lowest BCUT2D eigenvalue weighted by Gasteiger charge is -2.22. The highest BCUT2D eigenvalue weighted by Gasteiger charge is 2.27. The average molecular weight is 297 g/mol. The van der Waals surface area contributed by atoms with Gasteiger partial charge in [0.2, 0.25) is 10.0 Å². The maximum Gasteiger partial charge on any atom is 0.241 e. The summed E-state index contributed by atoms with van der Waals surface area (Å²) in [4.78, 5) is 0.314. The molecule has 0 aliphatic heterocycles. The minimum atomic E-state index is -3.57. The van der Waals surface area contributed by atoms with Crippen molar-refractivity contribution in [2.45, 2.75) is 63.0 Å². The zero-order chi connectivity index (χ0) is 14.8. The van der Waals surface area contributed by atoms with Gasteiger partial charge in [-0.15, -0.1) is 0 Å². The quantitative estimate of drug-likeness (QED) is 0.841. The molecule has 5 heteroatoms. The second-order valence-corrected chi connectivity index (χ2v) is 7.38. The van der Waals surface area contributed by atoms with Crippen LogP contribution in [0.2, 0.25) is 0 Å². The summed E-state index contributed by atoms with van der Waals surface area (Å²) in [6.45, 7) is 3.66. The van der Waals surface area contributed by atoms with E-state index in [1.165, 1.54) is 0 Å². The molecule has 1 aromatic rings. The van der Waals surface area contributed by atoms with Crippen LogP contribution in [0.3, 0.4) is 0 Å². The predicted molar refractivity (Wildman–Crippen MR) is 79.1 cm³/mol. The summed E-state index contributed by atoms with van der Waals surface area (Å²) in [5.41, 5.74) is 1.64. The van der Waals surface area contributed by atoms with E-state index >= 15 is 0 Å². The smallest absolute Gasteiger partial charge is 0.241 e. The number of aryl methyl sites for hydroxylation is 2. The van der Waals surface area contributed by atoms with Crippen LogP contribution < -0.4 is 4.72 Å². The van der Waals surface area contributed by atoms with Crippen LogP contribution in [0.1, 0.15) is 43.2 Å². The van der Waals surface area contributed by atoms with Crippen molar-refractivity contribution in [2.75, 3.05) is 0 Å². The molecule has 0 amide bonds. The molecule has 1 saturated carbocycles. The molecular weight excluding hydrogens is 274 g/mol. The Bertz CT molecular complexity index is 568. The van der Waals surface area contributed by atoms with Gasteiger partial charge in [0.25, 0.3) is 0 Å². The molecule has 112 valence electrons. The van der Waals surface area contributed by atoms with Crippen LogP contribution in [0.15, 0.2) is 23.1 Å². The van der Waals surface area contributed by atoms with Crippen LogP contribution >= 0.6 is 0 Å². The van der Waals surface area contributed by atoms with Gasteiger partial charge in [-0.2, -0.15) is 0 Å². The van der Waals surface area contributed by atoms with Gasteiger partial charge in [-0.3, -0.25) is 0 Å². The van der Waals surface area contributed by atoms with Gasteiger partial charge in [-0.05, 0) is 43.9 Å². The van der Waals surface area contributed by atoms with Crippen molar-refractivity contribution in [1.29, 1.82) is 0 Å². The van der Waals surface area contributed by atoms with Gasteiger partial charge in [0, 0.05) is 6.04 Å². The van der Waals surface area contributed by atoms with Crippen molar-refractivity contribution in [3.05, 3.63) is 29.3 Å². The predicted octanol–water partition coefficient (Wildman–Crippen LogP) is 2.28. The Hall–Kier alpha value is -0.910. The summed E-state index contributed by atoms with van der Waals surface area (Å²) < 4.78 is 27.7. The van der Waals surface area contributed by atoms with Crippen LogP contribution in [0.5, 0.6) is 0 Å².